The molecule has 8 heteroatoms. The maximum absolute atomic E-state index is 12.8. The van der Waals surface area contributed by atoms with Gasteiger partial charge in [0.2, 0.25) is 0 Å². The van der Waals surface area contributed by atoms with E-state index in [1.54, 1.807) is 19.1 Å². The minimum absolute atomic E-state index is 0.0953. The van der Waals surface area contributed by atoms with Gasteiger partial charge in [0.1, 0.15) is 11.3 Å². The van der Waals surface area contributed by atoms with E-state index in [-0.39, 0.29) is 17.7 Å². The van der Waals surface area contributed by atoms with Crippen molar-refractivity contribution in [1.29, 1.82) is 0 Å². The first-order valence-corrected chi connectivity index (χ1v) is 9.28. The Balaban J connectivity index is 1.57. The van der Waals surface area contributed by atoms with Crippen molar-refractivity contribution < 1.29 is 23.1 Å². The fourth-order valence-corrected chi connectivity index (χ4v) is 3.58. The van der Waals surface area contributed by atoms with E-state index in [0.717, 1.165) is 31.5 Å². The molecular formula is C19H25F2N3O3. The van der Waals surface area contributed by atoms with E-state index in [4.69, 9.17) is 0 Å². The molecule has 2 fully saturated rings. The number of nitrogens with one attached hydrogen (secondary N) is 1. The van der Waals surface area contributed by atoms with Gasteiger partial charge in [0, 0.05) is 0 Å². The third-order valence-electron chi connectivity index (χ3n) is 5.20. The lowest BCUT2D eigenvalue weighted by atomic mass is 9.93. The van der Waals surface area contributed by atoms with Gasteiger partial charge in [-0.1, -0.05) is 18.6 Å². The van der Waals surface area contributed by atoms with E-state index in [0.29, 0.717) is 19.5 Å². The SMILES string of the molecule is C[C@]1(CCc2ccc(OC(F)F)cc2)NC(=O)N(CN2CCCCC2)C1=O. The Morgan fingerprint density at radius 3 is 2.44 bits per heavy atom. The van der Waals surface area contributed by atoms with Gasteiger partial charge in [-0.2, -0.15) is 8.78 Å². The average molecular weight is 381 g/mol. The monoisotopic (exact) mass is 381 g/mol. The first kappa shape index (κ1) is 19.5. The molecule has 2 heterocycles. The largest absolute Gasteiger partial charge is 0.435 e. The van der Waals surface area contributed by atoms with Crippen LogP contribution in [-0.2, 0) is 11.2 Å². The van der Waals surface area contributed by atoms with Crippen LogP contribution in [0, 0.1) is 0 Å². The number of aryl methyl sites for hydroxylation is 1. The molecule has 3 rings (SSSR count). The van der Waals surface area contributed by atoms with E-state index >= 15 is 0 Å². The second kappa shape index (κ2) is 8.21. The van der Waals surface area contributed by atoms with Crippen LogP contribution >= 0.6 is 0 Å². The molecule has 0 saturated carbocycles. The van der Waals surface area contributed by atoms with Crippen LogP contribution in [0.2, 0.25) is 0 Å². The molecule has 148 valence electrons. The van der Waals surface area contributed by atoms with Gasteiger partial charge in [0.15, 0.2) is 0 Å². The van der Waals surface area contributed by atoms with E-state index in [9.17, 15) is 18.4 Å². The molecule has 2 saturated heterocycles. The number of ether oxygens (including phenoxy) is 1. The van der Waals surface area contributed by atoms with E-state index in [1.165, 1.54) is 23.5 Å². The quantitative estimate of drug-likeness (QED) is 0.738. The second-order valence-corrected chi connectivity index (χ2v) is 7.34. The van der Waals surface area contributed by atoms with Crippen molar-refractivity contribution in [1.82, 2.24) is 15.1 Å². The second-order valence-electron chi connectivity index (χ2n) is 7.34. The molecule has 2 aliphatic rings. The highest BCUT2D eigenvalue weighted by molar-refractivity contribution is 6.06. The third-order valence-corrected chi connectivity index (χ3v) is 5.20. The minimum atomic E-state index is -2.85. The van der Waals surface area contributed by atoms with Gasteiger partial charge in [-0.3, -0.25) is 9.69 Å². The first-order chi connectivity index (χ1) is 12.9. The van der Waals surface area contributed by atoms with E-state index in [1.807, 2.05) is 0 Å². The van der Waals surface area contributed by atoms with Crippen molar-refractivity contribution >= 4 is 11.9 Å². The summed E-state index contributed by atoms with van der Waals surface area (Å²) in [4.78, 5) is 28.6. The summed E-state index contributed by atoms with van der Waals surface area (Å²) in [6.07, 6.45) is 4.34. The minimum Gasteiger partial charge on any atom is -0.435 e. The number of halogens is 2. The predicted octanol–water partition coefficient (Wildman–Crippen LogP) is 2.97. The number of piperidine rings is 1. The number of carbonyl (C=O) groups is 2. The third kappa shape index (κ3) is 4.74. The fourth-order valence-electron chi connectivity index (χ4n) is 3.58. The van der Waals surface area contributed by atoms with Crippen LogP contribution in [0.4, 0.5) is 13.6 Å². The van der Waals surface area contributed by atoms with Gasteiger partial charge >= 0.3 is 12.6 Å². The number of alkyl halides is 2. The lowest BCUT2D eigenvalue weighted by Crippen LogP contribution is -2.46. The van der Waals surface area contributed by atoms with Gasteiger partial charge < -0.3 is 10.1 Å². The number of likely N-dealkylation sites (tertiary alicyclic amines) is 1. The van der Waals surface area contributed by atoms with Gasteiger partial charge in [-0.15, -0.1) is 0 Å². The molecule has 0 aliphatic carbocycles. The van der Waals surface area contributed by atoms with Gasteiger partial charge in [0.05, 0.1) is 6.67 Å². The zero-order chi connectivity index (χ0) is 19.4. The fraction of sp³-hybridized carbons (Fsp3) is 0.579. The molecule has 27 heavy (non-hydrogen) atoms. The molecule has 3 amide bonds. The summed E-state index contributed by atoms with van der Waals surface area (Å²) in [6.45, 7) is 1.02. The highest BCUT2D eigenvalue weighted by atomic mass is 19.3. The van der Waals surface area contributed by atoms with Crippen molar-refractivity contribution in [2.75, 3.05) is 19.8 Å². The number of imide groups is 1. The summed E-state index contributed by atoms with van der Waals surface area (Å²) < 4.78 is 28.7. The number of carbonyl (C=O) groups excluding carboxylic acids is 2. The Kier molecular flexibility index (Phi) is 5.94. The lowest BCUT2D eigenvalue weighted by molar-refractivity contribution is -0.132. The Labute approximate surface area is 157 Å². The summed E-state index contributed by atoms with van der Waals surface area (Å²) in [5, 5.41) is 2.81. The number of benzene rings is 1. The number of nitrogens with zero attached hydrogens (tertiary/aromatic N) is 2. The van der Waals surface area contributed by atoms with Gasteiger partial charge in [-0.25, -0.2) is 9.69 Å². The summed E-state index contributed by atoms with van der Waals surface area (Å²) in [5.74, 6) is -0.117. The maximum Gasteiger partial charge on any atom is 0.387 e. The molecule has 1 aromatic rings. The molecule has 0 unspecified atom stereocenters. The number of hydrogen-bond acceptors (Lipinski definition) is 4. The van der Waals surface area contributed by atoms with Crippen molar-refractivity contribution in [3.8, 4) is 5.75 Å². The molecule has 0 bridgehead atoms. The van der Waals surface area contributed by atoms with Crippen LogP contribution < -0.4 is 10.1 Å². The zero-order valence-electron chi connectivity index (χ0n) is 15.4. The van der Waals surface area contributed by atoms with Crippen molar-refractivity contribution in [2.24, 2.45) is 0 Å². The van der Waals surface area contributed by atoms with Crippen LogP contribution in [0.25, 0.3) is 0 Å². The maximum atomic E-state index is 12.8. The van der Waals surface area contributed by atoms with Gasteiger partial charge in [0.25, 0.3) is 5.91 Å². The smallest absolute Gasteiger partial charge is 0.387 e. The highest BCUT2D eigenvalue weighted by Gasteiger charge is 2.47. The Morgan fingerprint density at radius 2 is 1.81 bits per heavy atom. The van der Waals surface area contributed by atoms with Crippen molar-refractivity contribution in [3.63, 3.8) is 0 Å². The molecule has 0 aromatic heterocycles. The number of urea groups is 1. The van der Waals surface area contributed by atoms with Crippen LogP contribution in [0.15, 0.2) is 24.3 Å². The molecule has 1 aromatic carbocycles. The summed E-state index contributed by atoms with van der Waals surface area (Å²) >= 11 is 0. The molecule has 2 aliphatic heterocycles. The van der Waals surface area contributed by atoms with Crippen LogP contribution in [0.5, 0.6) is 5.75 Å². The number of amides is 3. The lowest BCUT2D eigenvalue weighted by Gasteiger charge is -2.29. The molecule has 6 nitrogen and oxygen atoms in total. The van der Waals surface area contributed by atoms with Gasteiger partial charge in [-0.05, 0) is 63.4 Å². The predicted molar refractivity (Wildman–Crippen MR) is 95.5 cm³/mol. The van der Waals surface area contributed by atoms with E-state index < -0.39 is 12.2 Å². The number of rotatable bonds is 7. The van der Waals surface area contributed by atoms with Crippen LogP contribution in [0.1, 0.15) is 38.2 Å². The standard InChI is InChI=1S/C19H25F2N3O3/c1-19(10-9-14-5-7-15(8-6-14)27-17(20)21)16(25)24(18(26)22-19)13-23-11-3-2-4-12-23/h5-8,17H,2-4,9-13H2,1H3,(H,22,26)/t19-/m1/s1. The topological polar surface area (TPSA) is 61.9 Å². The molecule has 1 atom stereocenters. The normalized spacial score (nSPS) is 23.8. The Morgan fingerprint density at radius 1 is 1.15 bits per heavy atom. The van der Waals surface area contributed by atoms with Crippen LogP contribution in [0.3, 0.4) is 0 Å². The summed E-state index contributed by atoms with van der Waals surface area (Å²) in [5.41, 5.74) is -0.0697. The Bertz CT molecular complexity index is 677. The zero-order valence-corrected chi connectivity index (χ0v) is 15.4. The summed E-state index contributed by atoms with van der Waals surface area (Å²) in [6, 6.07) is 5.97. The van der Waals surface area contributed by atoms with E-state index in [2.05, 4.69) is 15.0 Å². The highest BCUT2D eigenvalue weighted by Crippen LogP contribution is 2.25. The van der Waals surface area contributed by atoms with Crippen LogP contribution in [-0.4, -0.2) is 53.6 Å². The van der Waals surface area contributed by atoms with Crippen molar-refractivity contribution in [2.45, 2.75) is 51.2 Å². The number of hydrogen-bond donors (Lipinski definition) is 1. The molecule has 0 spiro atoms. The average Bonchev–Trinajstić information content (AvgIpc) is 2.85. The Hall–Kier alpha value is -2.22. The summed E-state index contributed by atoms with van der Waals surface area (Å²) in [7, 11) is 0. The first-order valence-electron chi connectivity index (χ1n) is 9.28. The molecule has 0 radical (unpaired) electrons. The van der Waals surface area contributed by atoms with Crippen molar-refractivity contribution in [3.05, 3.63) is 29.8 Å². The molecular weight excluding hydrogens is 356 g/mol. The molecule has 1 N–H and O–H groups in total.